The lowest BCUT2D eigenvalue weighted by Gasteiger charge is -1.98. The van der Waals surface area contributed by atoms with Crippen molar-refractivity contribution in [3.63, 3.8) is 0 Å². The first-order valence-corrected chi connectivity index (χ1v) is 6.16. The molecule has 84 valence electrons. The van der Waals surface area contributed by atoms with Gasteiger partial charge in [-0.3, -0.25) is 9.78 Å². The van der Waals surface area contributed by atoms with Gasteiger partial charge in [0.2, 0.25) is 5.78 Å². The largest absolute Gasteiger partial charge is 0.463 e. The molecular formula is C9H10N4O2S. The lowest BCUT2D eigenvalue weighted by atomic mass is 10.3. The maximum absolute atomic E-state index is 11.7. The van der Waals surface area contributed by atoms with Crippen molar-refractivity contribution in [1.29, 1.82) is 0 Å². The smallest absolute Gasteiger partial charge is 0.337 e. The zero-order valence-corrected chi connectivity index (χ0v) is 9.50. The van der Waals surface area contributed by atoms with Crippen molar-refractivity contribution in [2.24, 2.45) is 0 Å². The average Bonchev–Trinajstić information content (AvgIpc) is 2.83. The van der Waals surface area contributed by atoms with E-state index in [0.29, 0.717) is 18.4 Å². The van der Waals surface area contributed by atoms with Gasteiger partial charge in [-0.15, -0.1) is 5.10 Å². The number of rotatable bonds is 2. The Kier molecular flexibility index (Phi) is 2.13. The molecule has 16 heavy (non-hydrogen) atoms. The molecule has 0 saturated carbocycles. The molecule has 0 fully saturated rings. The molecule has 0 aromatic carbocycles. The van der Waals surface area contributed by atoms with Crippen molar-refractivity contribution in [1.82, 2.24) is 19.6 Å². The highest BCUT2D eigenvalue weighted by Crippen LogP contribution is 2.27. The van der Waals surface area contributed by atoms with Gasteiger partial charge in [-0.1, -0.05) is 0 Å². The fraction of sp³-hybridized carbons (Fsp3) is 0.444. The highest BCUT2D eigenvalue weighted by molar-refractivity contribution is 7.98. The fourth-order valence-electron chi connectivity index (χ4n) is 1.74. The van der Waals surface area contributed by atoms with E-state index in [1.54, 1.807) is 16.3 Å². The molecular weight excluding hydrogens is 228 g/mol. The number of nitrogens with zero attached hydrogens (tertiary/aromatic N) is 3. The van der Waals surface area contributed by atoms with Gasteiger partial charge in [0.25, 0.3) is 5.56 Å². The molecule has 2 aromatic heterocycles. The number of ether oxygens (including phenoxy) is 1. The van der Waals surface area contributed by atoms with Crippen molar-refractivity contribution >= 4 is 17.5 Å². The molecule has 3 rings (SSSR count). The zero-order valence-electron chi connectivity index (χ0n) is 8.69. The molecule has 3 heterocycles. The van der Waals surface area contributed by atoms with Gasteiger partial charge < -0.3 is 4.74 Å². The fourth-order valence-corrected chi connectivity index (χ4v) is 2.83. The molecule has 0 atom stereocenters. The maximum atomic E-state index is 11.7. The first kappa shape index (κ1) is 9.71. The third kappa shape index (κ3) is 1.31. The van der Waals surface area contributed by atoms with Crippen LogP contribution in [-0.4, -0.2) is 26.2 Å². The van der Waals surface area contributed by atoms with Gasteiger partial charge in [-0.25, -0.2) is 0 Å². The van der Waals surface area contributed by atoms with Crippen LogP contribution in [0.5, 0.6) is 6.01 Å². The second kappa shape index (κ2) is 3.51. The van der Waals surface area contributed by atoms with Crippen LogP contribution in [0.4, 0.5) is 0 Å². The molecule has 2 aromatic rings. The summed E-state index contributed by atoms with van der Waals surface area (Å²) in [6, 6.07) is 0.309. The predicted molar refractivity (Wildman–Crippen MR) is 59.8 cm³/mol. The SMILES string of the molecule is CCOc1nc2[nH]c(=O)c3c(n2n1)CSC3. The Morgan fingerprint density at radius 2 is 2.44 bits per heavy atom. The van der Waals surface area contributed by atoms with Crippen molar-refractivity contribution in [3.8, 4) is 6.01 Å². The second-order valence-electron chi connectivity index (χ2n) is 3.43. The van der Waals surface area contributed by atoms with Crippen LogP contribution in [0.3, 0.4) is 0 Å². The molecule has 0 aliphatic carbocycles. The Labute approximate surface area is 95.0 Å². The molecule has 0 amide bonds. The van der Waals surface area contributed by atoms with E-state index >= 15 is 0 Å². The number of fused-ring (bicyclic) bond motifs is 3. The summed E-state index contributed by atoms with van der Waals surface area (Å²) >= 11 is 1.71. The van der Waals surface area contributed by atoms with E-state index in [9.17, 15) is 4.79 Å². The van der Waals surface area contributed by atoms with Crippen LogP contribution in [0.25, 0.3) is 5.78 Å². The second-order valence-corrected chi connectivity index (χ2v) is 4.42. The van der Waals surface area contributed by atoms with Crippen LogP contribution in [0.1, 0.15) is 18.2 Å². The number of H-pyrrole nitrogens is 1. The summed E-state index contributed by atoms with van der Waals surface area (Å²) in [5.74, 6) is 1.99. The Bertz CT molecular complexity index is 603. The Morgan fingerprint density at radius 1 is 1.56 bits per heavy atom. The molecule has 1 aliphatic heterocycles. The lowest BCUT2D eigenvalue weighted by molar-refractivity contribution is 0.313. The van der Waals surface area contributed by atoms with Gasteiger partial charge in [0.05, 0.1) is 12.3 Å². The third-order valence-corrected chi connectivity index (χ3v) is 3.42. The van der Waals surface area contributed by atoms with Crippen LogP contribution in [0, 0.1) is 0 Å². The quantitative estimate of drug-likeness (QED) is 0.827. The van der Waals surface area contributed by atoms with E-state index in [1.807, 2.05) is 6.92 Å². The minimum Gasteiger partial charge on any atom is -0.463 e. The summed E-state index contributed by atoms with van der Waals surface area (Å²) in [6.45, 7) is 2.38. The lowest BCUT2D eigenvalue weighted by Crippen LogP contribution is -2.16. The van der Waals surface area contributed by atoms with Crippen LogP contribution in [0.15, 0.2) is 4.79 Å². The van der Waals surface area contributed by atoms with Gasteiger partial charge >= 0.3 is 6.01 Å². The monoisotopic (exact) mass is 238 g/mol. The Morgan fingerprint density at radius 3 is 3.25 bits per heavy atom. The summed E-state index contributed by atoms with van der Waals surface area (Å²) < 4.78 is 6.89. The van der Waals surface area contributed by atoms with Crippen molar-refractivity contribution in [2.45, 2.75) is 18.4 Å². The summed E-state index contributed by atoms with van der Waals surface area (Å²) in [6.07, 6.45) is 0. The zero-order chi connectivity index (χ0) is 11.1. The molecule has 0 spiro atoms. The molecule has 0 bridgehead atoms. The number of hydrogen-bond acceptors (Lipinski definition) is 5. The summed E-state index contributed by atoms with van der Waals surface area (Å²) in [5.41, 5.74) is 1.66. The number of thioether (sulfide) groups is 1. The highest BCUT2D eigenvalue weighted by Gasteiger charge is 2.20. The minimum atomic E-state index is -0.0667. The molecule has 0 radical (unpaired) electrons. The van der Waals surface area contributed by atoms with Crippen LogP contribution in [-0.2, 0) is 11.5 Å². The van der Waals surface area contributed by atoms with Crippen molar-refractivity contribution < 1.29 is 4.74 Å². The number of hydrogen-bond donors (Lipinski definition) is 1. The standard InChI is InChI=1S/C9H10N4O2S/c1-2-15-9-11-8-10-7(14)5-3-16-4-6(5)13(8)12-9/h2-4H2,1H3,(H,10,11,12,14). The first-order valence-electron chi connectivity index (χ1n) is 5.01. The highest BCUT2D eigenvalue weighted by atomic mass is 32.2. The summed E-state index contributed by atoms with van der Waals surface area (Å²) in [5, 5.41) is 4.22. The first-order chi connectivity index (χ1) is 7.79. The van der Waals surface area contributed by atoms with Crippen molar-refractivity contribution in [3.05, 3.63) is 21.6 Å². The van der Waals surface area contributed by atoms with E-state index in [1.165, 1.54) is 0 Å². The van der Waals surface area contributed by atoms with Gasteiger partial charge in [-0.05, 0) is 6.92 Å². The van der Waals surface area contributed by atoms with Gasteiger partial charge in [0, 0.05) is 17.1 Å². The van der Waals surface area contributed by atoms with Crippen LogP contribution >= 0.6 is 11.8 Å². The van der Waals surface area contributed by atoms with Gasteiger partial charge in [0.1, 0.15) is 0 Å². The summed E-state index contributed by atoms with van der Waals surface area (Å²) in [4.78, 5) is 18.5. The molecule has 6 nitrogen and oxygen atoms in total. The number of aromatic amines is 1. The maximum Gasteiger partial charge on any atom is 0.337 e. The third-order valence-electron chi connectivity index (χ3n) is 2.45. The average molecular weight is 238 g/mol. The summed E-state index contributed by atoms with van der Waals surface area (Å²) in [7, 11) is 0. The molecule has 1 aliphatic rings. The van der Waals surface area contributed by atoms with E-state index in [0.717, 1.165) is 22.8 Å². The number of aromatic nitrogens is 4. The Balaban J connectivity index is 2.27. The van der Waals surface area contributed by atoms with E-state index in [4.69, 9.17) is 4.74 Å². The normalized spacial score (nSPS) is 14.3. The molecule has 7 heteroatoms. The Hall–Kier alpha value is -1.50. The van der Waals surface area contributed by atoms with Crippen LogP contribution < -0.4 is 10.3 Å². The van der Waals surface area contributed by atoms with Gasteiger partial charge in [-0.2, -0.15) is 21.3 Å². The molecule has 0 saturated heterocycles. The van der Waals surface area contributed by atoms with Crippen LogP contribution in [0.2, 0.25) is 0 Å². The minimum absolute atomic E-state index is 0.0667. The predicted octanol–water partition coefficient (Wildman–Crippen LogP) is 0.563. The van der Waals surface area contributed by atoms with E-state index < -0.39 is 0 Å². The van der Waals surface area contributed by atoms with Gasteiger partial charge in [0.15, 0.2) is 0 Å². The van der Waals surface area contributed by atoms with Crippen molar-refractivity contribution in [2.75, 3.05) is 6.61 Å². The van der Waals surface area contributed by atoms with E-state index in [-0.39, 0.29) is 5.56 Å². The molecule has 0 unspecified atom stereocenters. The van der Waals surface area contributed by atoms with E-state index in [2.05, 4.69) is 15.1 Å². The topological polar surface area (TPSA) is 72.3 Å². The number of nitrogens with one attached hydrogen (secondary N) is 1. The molecule has 1 N–H and O–H groups in total.